The second-order valence-electron chi connectivity index (χ2n) is 4.18. The van der Waals surface area contributed by atoms with Crippen molar-refractivity contribution < 1.29 is 0 Å². The zero-order valence-corrected chi connectivity index (χ0v) is 11.2. The Balaban J connectivity index is 2.21. The Bertz CT molecular complexity index is 138. The Morgan fingerprint density at radius 1 is 1.38 bits per heavy atom. The number of hydrogen-bond acceptors (Lipinski definition) is 1. The van der Waals surface area contributed by atoms with Crippen molar-refractivity contribution in [2.45, 2.75) is 44.4 Å². The third-order valence-electron chi connectivity index (χ3n) is 2.99. The van der Waals surface area contributed by atoms with Gasteiger partial charge in [0.2, 0.25) is 0 Å². The van der Waals surface area contributed by atoms with E-state index in [2.05, 4.69) is 41.5 Å². The van der Waals surface area contributed by atoms with Gasteiger partial charge in [-0.2, -0.15) is 11.8 Å². The Kier molecular flexibility index (Phi) is 5.80. The average molecular weight is 265 g/mol. The standard InChI is InChI=1S/C11H21BrS/c1-3-13-7-6-10-8-9(2)4-5-11(10)12/h9-11H,3-8H2,1-2H3. The highest BCUT2D eigenvalue weighted by Crippen LogP contribution is 2.35. The molecule has 0 aliphatic heterocycles. The van der Waals surface area contributed by atoms with Crippen LogP contribution in [0.25, 0.3) is 0 Å². The summed E-state index contributed by atoms with van der Waals surface area (Å²) in [6.45, 7) is 4.65. The van der Waals surface area contributed by atoms with Crippen molar-refractivity contribution in [2.24, 2.45) is 11.8 Å². The molecule has 0 aromatic carbocycles. The maximum absolute atomic E-state index is 3.83. The molecule has 0 saturated heterocycles. The molecule has 78 valence electrons. The van der Waals surface area contributed by atoms with Gasteiger partial charge in [0.1, 0.15) is 0 Å². The first-order valence-corrected chi connectivity index (χ1v) is 7.52. The largest absolute Gasteiger partial charge is 0.162 e. The summed E-state index contributed by atoms with van der Waals surface area (Å²) in [5.41, 5.74) is 0. The van der Waals surface area contributed by atoms with Gasteiger partial charge in [0.25, 0.3) is 0 Å². The third kappa shape index (κ3) is 4.24. The van der Waals surface area contributed by atoms with Gasteiger partial charge < -0.3 is 0 Å². The van der Waals surface area contributed by atoms with E-state index in [4.69, 9.17) is 0 Å². The topological polar surface area (TPSA) is 0 Å². The van der Waals surface area contributed by atoms with E-state index < -0.39 is 0 Å². The van der Waals surface area contributed by atoms with Crippen molar-refractivity contribution >= 4 is 27.7 Å². The van der Waals surface area contributed by atoms with E-state index in [-0.39, 0.29) is 0 Å². The predicted molar refractivity (Wildman–Crippen MR) is 66.8 cm³/mol. The van der Waals surface area contributed by atoms with Crippen molar-refractivity contribution in [1.29, 1.82) is 0 Å². The van der Waals surface area contributed by atoms with Gasteiger partial charge in [-0.15, -0.1) is 0 Å². The minimum atomic E-state index is 0.807. The van der Waals surface area contributed by atoms with Crippen LogP contribution in [0.1, 0.15) is 39.5 Å². The molecule has 0 nitrogen and oxygen atoms in total. The fourth-order valence-electron chi connectivity index (χ4n) is 2.14. The molecule has 0 bridgehead atoms. The number of alkyl halides is 1. The van der Waals surface area contributed by atoms with E-state index >= 15 is 0 Å². The molecule has 1 rings (SSSR count). The van der Waals surface area contributed by atoms with E-state index in [9.17, 15) is 0 Å². The molecule has 3 unspecified atom stereocenters. The lowest BCUT2D eigenvalue weighted by Gasteiger charge is -2.31. The molecule has 0 radical (unpaired) electrons. The normalized spacial score (nSPS) is 34.8. The highest BCUT2D eigenvalue weighted by atomic mass is 79.9. The minimum absolute atomic E-state index is 0.807. The van der Waals surface area contributed by atoms with Crippen molar-refractivity contribution in [2.75, 3.05) is 11.5 Å². The van der Waals surface area contributed by atoms with Crippen molar-refractivity contribution in [3.8, 4) is 0 Å². The molecule has 0 aromatic heterocycles. The van der Waals surface area contributed by atoms with Gasteiger partial charge in [0.15, 0.2) is 0 Å². The molecular formula is C11H21BrS. The van der Waals surface area contributed by atoms with Crippen LogP contribution in [0.2, 0.25) is 0 Å². The fourth-order valence-corrected chi connectivity index (χ4v) is 3.64. The van der Waals surface area contributed by atoms with E-state index in [1.807, 2.05) is 0 Å². The van der Waals surface area contributed by atoms with Crippen molar-refractivity contribution in [3.63, 3.8) is 0 Å². The highest BCUT2D eigenvalue weighted by molar-refractivity contribution is 9.09. The van der Waals surface area contributed by atoms with Gasteiger partial charge in [0, 0.05) is 4.83 Å². The van der Waals surface area contributed by atoms with Gasteiger partial charge in [-0.3, -0.25) is 0 Å². The van der Waals surface area contributed by atoms with Crippen molar-refractivity contribution in [1.82, 2.24) is 0 Å². The summed E-state index contributed by atoms with van der Waals surface area (Å²) >= 11 is 5.91. The molecule has 1 saturated carbocycles. The van der Waals surface area contributed by atoms with Gasteiger partial charge in [0.05, 0.1) is 0 Å². The molecule has 3 atom stereocenters. The molecule has 1 aliphatic carbocycles. The maximum Gasteiger partial charge on any atom is 0.0174 e. The van der Waals surface area contributed by atoms with Gasteiger partial charge in [-0.1, -0.05) is 29.8 Å². The lowest BCUT2D eigenvalue weighted by Crippen LogP contribution is -2.24. The van der Waals surface area contributed by atoms with E-state index in [1.165, 1.54) is 37.2 Å². The van der Waals surface area contributed by atoms with Crippen LogP contribution in [0.3, 0.4) is 0 Å². The molecule has 1 aliphatic rings. The van der Waals surface area contributed by atoms with Gasteiger partial charge >= 0.3 is 0 Å². The van der Waals surface area contributed by atoms with Gasteiger partial charge in [-0.25, -0.2) is 0 Å². The predicted octanol–water partition coefficient (Wildman–Crippen LogP) is 4.33. The monoisotopic (exact) mass is 264 g/mol. The summed E-state index contributed by atoms with van der Waals surface area (Å²) in [4.78, 5) is 0.807. The average Bonchev–Trinajstić information content (AvgIpc) is 2.11. The first kappa shape index (κ1) is 11.9. The van der Waals surface area contributed by atoms with Crippen LogP contribution in [0.15, 0.2) is 0 Å². The SMILES string of the molecule is CCSCCC1CC(C)CCC1Br. The molecule has 0 amide bonds. The molecular weight excluding hydrogens is 244 g/mol. The van der Waals surface area contributed by atoms with Crippen LogP contribution in [0.5, 0.6) is 0 Å². The Morgan fingerprint density at radius 2 is 2.15 bits per heavy atom. The molecule has 1 fully saturated rings. The van der Waals surface area contributed by atoms with Crippen LogP contribution in [-0.4, -0.2) is 16.3 Å². The second kappa shape index (κ2) is 6.34. The van der Waals surface area contributed by atoms with E-state index in [0.717, 1.165) is 16.7 Å². The van der Waals surface area contributed by atoms with Crippen molar-refractivity contribution in [3.05, 3.63) is 0 Å². The molecule has 0 N–H and O–H groups in total. The Hall–Kier alpha value is 0.830. The molecule has 0 heterocycles. The minimum Gasteiger partial charge on any atom is -0.162 e. The number of halogens is 1. The quantitative estimate of drug-likeness (QED) is 0.538. The zero-order valence-electron chi connectivity index (χ0n) is 8.76. The fraction of sp³-hybridized carbons (Fsp3) is 1.00. The second-order valence-corrected chi connectivity index (χ2v) is 6.75. The number of rotatable bonds is 4. The van der Waals surface area contributed by atoms with Gasteiger partial charge in [-0.05, 0) is 49.0 Å². The molecule has 13 heavy (non-hydrogen) atoms. The zero-order chi connectivity index (χ0) is 9.68. The summed E-state index contributed by atoms with van der Waals surface area (Å²) < 4.78 is 0. The van der Waals surface area contributed by atoms with E-state index in [0.29, 0.717) is 0 Å². The van der Waals surface area contributed by atoms with Crippen LogP contribution < -0.4 is 0 Å². The summed E-state index contributed by atoms with van der Waals surface area (Å²) in [6, 6.07) is 0. The molecule has 0 aromatic rings. The summed E-state index contributed by atoms with van der Waals surface area (Å²) in [7, 11) is 0. The first-order chi connectivity index (χ1) is 6.24. The van der Waals surface area contributed by atoms with Crippen LogP contribution in [0.4, 0.5) is 0 Å². The lowest BCUT2D eigenvalue weighted by molar-refractivity contribution is 0.291. The first-order valence-electron chi connectivity index (χ1n) is 5.45. The number of thioether (sulfide) groups is 1. The maximum atomic E-state index is 3.83. The van der Waals surface area contributed by atoms with Crippen LogP contribution >= 0.6 is 27.7 Å². The molecule has 2 heteroatoms. The highest BCUT2D eigenvalue weighted by Gasteiger charge is 2.25. The summed E-state index contributed by atoms with van der Waals surface area (Å²) in [5.74, 6) is 4.54. The van der Waals surface area contributed by atoms with E-state index in [1.54, 1.807) is 0 Å². The smallest absolute Gasteiger partial charge is 0.0174 e. The lowest BCUT2D eigenvalue weighted by atomic mass is 9.81. The van der Waals surface area contributed by atoms with Crippen LogP contribution in [0, 0.1) is 11.8 Å². The Morgan fingerprint density at radius 3 is 2.85 bits per heavy atom. The third-order valence-corrected chi connectivity index (χ3v) is 5.13. The van der Waals surface area contributed by atoms with Crippen LogP contribution in [-0.2, 0) is 0 Å². The summed E-state index contributed by atoms with van der Waals surface area (Å²) in [5, 5.41) is 0. The summed E-state index contributed by atoms with van der Waals surface area (Å²) in [6.07, 6.45) is 5.68. The number of hydrogen-bond donors (Lipinski definition) is 0. The molecule has 0 spiro atoms. The Labute approximate surface area is 95.4 Å².